The fourth-order valence-electron chi connectivity index (χ4n) is 4.43. The van der Waals surface area contributed by atoms with Crippen molar-refractivity contribution in [1.82, 2.24) is 14.3 Å². The Morgan fingerprint density at radius 2 is 1.85 bits per heavy atom. The fourth-order valence-corrected chi connectivity index (χ4v) is 4.43. The highest BCUT2D eigenvalue weighted by Crippen LogP contribution is 2.38. The number of piperazine rings is 1. The molecule has 26 heavy (non-hydrogen) atoms. The lowest BCUT2D eigenvalue weighted by atomic mass is 10.0. The predicted octanol–water partition coefficient (Wildman–Crippen LogP) is 2.13. The number of pyridine rings is 1. The first kappa shape index (κ1) is 15.2. The molecule has 3 aromatic rings. The lowest BCUT2D eigenvalue weighted by molar-refractivity contribution is -0.118. The van der Waals surface area contributed by atoms with E-state index in [1.165, 1.54) is 16.9 Å². The molecule has 0 unspecified atom stereocenters. The predicted molar refractivity (Wildman–Crippen MR) is 99.3 cm³/mol. The van der Waals surface area contributed by atoms with Crippen LogP contribution in [-0.4, -0.2) is 46.9 Å². The Labute approximate surface area is 151 Å². The minimum absolute atomic E-state index is 0.726. The molecule has 130 valence electrons. The Hall–Kier alpha value is -3.07. The first-order valence-electron chi connectivity index (χ1n) is 9.11. The summed E-state index contributed by atoms with van der Waals surface area (Å²) in [5.41, 5.74) is 5.91. The number of fused-ring (bicyclic) bond motifs is 4. The minimum Gasteiger partial charge on any atom is -0.354 e. The largest absolute Gasteiger partial charge is 0.354 e. The number of hydrogen-bond acceptors (Lipinski definition) is 4. The summed E-state index contributed by atoms with van der Waals surface area (Å²) >= 11 is 0. The van der Waals surface area contributed by atoms with Crippen LogP contribution >= 0.6 is 0 Å². The van der Waals surface area contributed by atoms with Gasteiger partial charge in [-0.25, -0.2) is 4.98 Å². The molecule has 5 rings (SSSR count). The number of aromatic nitrogens is 2. The van der Waals surface area contributed by atoms with Crippen LogP contribution in [0.1, 0.15) is 23.1 Å². The standard InChI is InChI=1S/C20H19N5O/c21-12-16-14-4-3-5-15(14)20(24-10-8-23(13-26)9-11-24)25-18-7-2-1-6-17(18)22-19(16)25/h1-2,6-7,13H,3-5,8-11H2. The van der Waals surface area contributed by atoms with Crippen molar-refractivity contribution in [2.24, 2.45) is 0 Å². The summed E-state index contributed by atoms with van der Waals surface area (Å²) in [6.07, 6.45) is 3.95. The molecule has 1 aromatic carbocycles. The van der Waals surface area contributed by atoms with Crippen LogP contribution in [0.2, 0.25) is 0 Å². The van der Waals surface area contributed by atoms with Crippen molar-refractivity contribution in [2.75, 3.05) is 31.1 Å². The van der Waals surface area contributed by atoms with Gasteiger partial charge in [0.1, 0.15) is 11.9 Å². The van der Waals surface area contributed by atoms with Crippen molar-refractivity contribution in [1.29, 1.82) is 5.26 Å². The number of amides is 1. The molecule has 2 aromatic heterocycles. The van der Waals surface area contributed by atoms with E-state index in [2.05, 4.69) is 21.4 Å². The van der Waals surface area contributed by atoms with Crippen molar-refractivity contribution in [3.05, 3.63) is 41.0 Å². The van der Waals surface area contributed by atoms with Gasteiger partial charge in [0.25, 0.3) is 0 Å². The number of carbonyl (C=O) groups is 1. The highest BCUT2D eigenvalue weighted by molar-refractivity contribution is 5.86. The molecule has 1 fully saturated rings. The SMILES string of the molecule is N#Cc1c2c(c(N3CCN(C=O)CC3)n3c1nc1ccccc13)CCC2. The zero-order chi connectivity index (χ0) is 17.7. The normalized spacial score (nSPS) is 16.9. The summed E-state index contributed by atoms with van der Waals surface area (Å²) in [6, 6.07) is 10.5. The molecule has 1 saturated heterocycles. The van der Waals surface area contributed by atoms with Crippen molar-refractivity contribution in [3.63, 3.8) is 0 Å². The van der Waals surface area contributed by atoms with E-state index < -0.39 is 0 Å². The quantitative estimate of drug-likeness (QED) is 0.668. The van der Waals surface area contributed by atoms with Gasteiger partial charge in [-0.1, -0.05) is 12.1 Å². The Bertz CT molecular complexity index is 1070. The average Bonchev–Trinajstić information content (AvgIpc) is 3.31. The second kappa shape index (κ2) is 5.73. The average molecular weight is 345 g/mol. The third kappa shape index (κ3) is 2.03. The Balaban J connectivity index is 1.82. The van der Waals surface area contributed by atoms with E-state index in [1.807, 2.05) is 23.1 Å². The van der Waals surface area contributed by atoms with Gasteiger partial charge in [-0.05, 0) is 42.5 Å². The smallest absolute Gasteiger partial charge is 0.209 e. The van der Waals surface area contributed by atoms with E-state index in [-0.39, 0.29) is 0 Å². The van der Waals surface area contributed by atoms with E-state index in [1.54, 1.807) is 0 Å². The highest BCUT2D eigenvalue weighted by atomic mass is 16.1. The molecule has 0 bridgehead atoms. The molecule has 0 N–H and O–H groups in total. The lowest BCUT2D eigenvalue weighted by Crippen LogP contribution is -2.46. The van der Waals surface area contributed by atoms with Gasteiger partial charge in [-0.3, -0.25) is 9.20 Å². The maximum absolute atomic E-state index is 11.1. The number of carbonyl (C=O) groups excluding carboxylic acids is 1. The molecular weight excluding hydrogens is 326 g/mol. The number of benzene rings is 1. The van der Waals surface area contributed by atoms with Gasteiger partial charge >= 0.3 is 0 Å². The second-order valence-electron chi connectivity index (χ2n) is 7.01. The molecule has 1 amide bonds. The van der Waals surface area contributed by atoms with Crippen LogP contribution in [0.15, 0.2) is 24.3 Å². The van der Waals surface area contributed by atoms with Crippen molar-refractivity contribution >= 4 is 28.9 Å². The number of rotatable bonds is 2. The number of nitrogens with zero attached hydrogens (tertiary/aromatic N) is 5. The molecule has 6 heteroatoms. The fraction of sp³-hybridized carbons (Fsp3) is 0.350. The van der Waals surface area contributed by atoms with Crippen molar-refractivity contribution < 1.29 is 4.79 Å². The molecule has 6 nitrogen and oxygen atoms in total. The molecule has 0 atom stereocenters. The number of para-hydroxylation sites is 2. The number of hydrogen-bond donors (Lipinski definition) is 0. The van der Waals surface area contributed by atoms with Gasteiger partial charge in [-0.15, -0.1) is 0 Å². The molecule has 0 spiro atoms. The lowest BCUT2D eigenvalue weighted by Gasteiger charge is -2.35. The zero-order valence-electron chi connectivity index (χ0n) is 14.5. The maximum atomic E-state index is 11.1. The van der Waals surface area contributed by atoms with Gasteiger partial charge in [-0.2, -0.15) is 5.26 Å². The number of anilines is 1. The summed E-state index contributed by atoms with van der Waals surface area (Å²) in [4.78, 5) is 20.1. The number of imidazole rings is 1. The summed E-state index contributed by atoms with van der Waals surface area (Å²) < 4.78 is 2.18. The Morgan fingerprint density at radius 3 is 2.62 bits per heavy atom. The second-order valence-corrected chi connectivity index (χ2v) is 7.01. The van der Waals surface area contributed by atoms with Crippen LogP contribution in [0.5, 0.6) is 0 Å². The van der Waals surface area contributed by atoms with Gasteiger partial charge in [0.05, 0.1) is 16.6 Å². The van der Waals surface area contributed by atoms with Crippen LogP contribution in [0.3, 0.4) is 0 Å². The first-order valence-corrected chi connectivity index (χ1v) is 9.11. The summed E-state index contributed by atoms with van der Waals surface area (Å²) in [5, 5.41) is 9.83. The van der Waals surface area contributed by atoms with Crippen LogP contribution in [0.4, 0.5) is 5.82 Å². The molecule has 1 aliphatic heterocycles. The van der Waals surface area contributed by atoms with Crippen molar-refractivity contribution in [3.8, 4) is 6.07 Å². The summed E-state index contributed by atoms with van der Waals surface area (Å²) in [5.74, 6) is 1.17. The molecule has 3 heterocycles. The summed E-state index contributed by atoms with van der Waals surface area (Å²) in [7, 11) is 0. The highest BCUT2D eigenvalue weighted by Gasteiger charge is 2.29. The molecule has 1 aliphatic carbocycles. The van der Waals surface area contributed by atoms with Gasteiger partial charge in [0.15, 0.2) is 5.65 Å². The number of nitriles is 1. The molecule has 0 saturated carbocycles. The van der Waals surface area contributed by atoms with Crippen LogP contribution < -0.4 is 4.90 Å². The van der Waals surface area contributed by atoms with Gasteiger partial charge < -0.3 is 9.80 Å². The van der Waals surface area contributed by atoms with Crippen LogP contribution in [-0.2, 0) is 17.6 Å². The van der Waals surface area contributed by atoms with E-state index in [0.717, 1.165) is 74.1 Å². The van der Waals surface area contributed by atoms with E-state index in [0.29, 0.717) is 0 Å². The Kier molecular flexibility index (Phi) is 3.35. The third-order valence-corrected chi connectivity index (χ3v) is 5.66. The van der Waals surface area contributed by atoms with E-state index >= 15 is 0 Å². The monoisotopic (exact) mass is 345 g/mol. The Morgan fingerprint density at radius 1 is 1.08 bits per heavy atom. The zero-order valence-corrected chi connectivity index (χ0v) is 14.5. The first-order chi connectivity index (χ1) is 12.8. The van der Waals surface area contributed by atoms with Crippen LogP contribution in [0, 0.1) is 11.3 Å². The van der Waals surface area contributed by atoms with E-state index in [4.69, 9.17) is 4.98 Å². The maximum Gasteiger partial charge on any atom is 0.209 e. The van der Waals surface area contributed by atoms with Gasteiger partial charge in [0, 0.05) is 26.2 Å². The van der Waals surface area contributed by atoms with Crippen LogP contribution in [0.25, 0.3) is 16.7 Å². The van der Waals surface area contributed by atoms with E-state index in [9.17, 15) is 10.1 Å². The molecule has 0 radical (unpaired) electrons. The third-order valence-electron chi connectivity index (χ3n) is 5.66. The van der Waals surface area contributed by atoms with Gasteiger partial charge in [0.2, 0.25) is 6.41 Å². The summed E-state index contributed by atoms with van der Waals surface area (Å²) in [6.45, 7) is 3.07. The minimum atomic E-state index is 0.726. The molecular formula is C20H19N5O. The van der Waals surface area contributed by atoms with Crippen molar-refractivity contribution in [2.45, 2.75) is 19.3 Å². The topological polar surface area (TPSA) is 64.6 Å². The molecule has 2 aliphatic rings.